The van der Waals surface area contributed by atoms with Gasteiger partial charge < -0.3 is 10.3 Å². The van der Waals surface area contributed by atoms with E-state index in [-0.39, 0.29) is 11.5 Å². The lowest BCUT2D eigenvalue weighted by Gasteiger charge is -2.31. The van der Waals surface area contributed by atoms with E-state index in [1.54, 1.807) is 0 Å². The summed E-state index contributed by atoms with van der Waals surface area (Å²) in [6.07, 6.45) is 1.06. The topological polar surface area (TPSA) is 30.9 Å². The molecule has 1 aromatic heterocycles. The van der Waals surface area contributed by atoms with Gasteiger partial charge in [-0.2, -0.15) is 0 Å². The molecule has 1 heterocycles. The number of aromatic nitrogens is 1. The first-order chi connectivity index (χ1) is 10.4. The fourth-order valence-electron chi connectivity index (χ4n) is 3.45. The van der Waals surface area contributed by atoms with Gasteiger partial charge in [-0.25, -0.2) is 0 Å². The molecule has 2 aromatic carbocycles. The predicted octanol–water partition coefficient (Wildman–Crippen LogP) is 5.12. The van der Waals surface area contributed by atoms with Crippen molar-refractivity contribution in [2.75, 3.05) is 0 Å². The van der Waals surface area contributed by atoms with E-state index in [2.05, 4.69) is 80.8 Å². The SMILES string of the molecule is CC(N)C(CC(C)(C)C)n1c2ccccc2c2ccccc21. The van der Waals surface area contributed by atoms with Crippen LogP contribution >= 0.6 is 0 Å². The number of benzene rings is 2. The van der Waals surface area contributed by atoms with Gasteiger partial charge >= 0.3 is 0 Å². The first kappa shape index (κ1) is 15.1. The first-order valence-corrected chi connectivity index (χ1v) is 8.12. The average Bonchev–Trinajstić information content (AvgIpc) is 2.78. The summed E-state index contributed by atoms with van der Waals surface area (Å²) in [6.45, 7) is 8.99. The quantitative estimate of drug-likeness (QED) is 0.714. The Bertz CT molecular complexity index is 737. The van der Waals surface area contributed by atoms with Crippen LogP contribution in [0.4, 0.5) is 0 Å². The molecule has 0 spiro atoms. The van der Waals surface area contributed by atoms with E-state index in [4.69, 9.17) is 5.73 Å². The maximum atomic E-state index is 6.40. The molecule has 0 aliphatic rings. The zero-order valence-electron chi connectivity index (χ0n) is 14.0. The number of nitrogens with two attached hydrogens (primary N) is 1. The molecule has 3 rings (SSSR count). The van der Waals surface area contributed by atoms with E-state index in [0.717, 1.165) is 6.42 Å². The van der Waals surface area contributed by atoms with Crippen molar-refractivity contribution in [1.82, 2.24) is 4.57 Å². The molecule has 0 saturated carbocycles. The van der Waals surface area contributed by atoms with Crippen LogP contribution in [0.25, 0.3) is 21.8 Å². The van der Waals surface area contributed by atoms with Gasteiger partial charge in [-0.3, -0.25) is 0 Å². The van der Waals surface area contributed by atoms with Crippen molar-refractivity contribution in [3.8, 4) is 0 Å². The highest BCUT2D eigenvalue weighted by atomic mass is 15.0. The number of rotatable bonds is 3. The first-order valence-electron chi connectivity index (χ1n) is 8.12. The molecule has 2 unspecified atom stereocenters. The average molecular weight is 294 g/mol. The molecule has 3 aromatic rings. The third kappa shape index (κ3) is 2.64. The molecule has 2 atom stereocenters. The van der Waals surface area contributed by atoms with Gasteiger partial charge in [-0.15, -0.1) is 0 Å². The number of para-hydroxylation sites is 2. The van der Waals surface area contributed by atoms with Crippen molar-refractivity contribution < 1.29 is 0 Å². The zero-order chi connectivity index (χ0) is 15.9. The van der Waals surface area contributed by atoms with Crippen LogP contribution < -0.4 is 5.73 Å². The van der Waals surface area contributed by atoms with Crippen LogP contribution in [0.1, 0.15) is 40.2 Å². The second kappa shape index (κ2) is 5.44. The lowest BCUT2D eigenvalue weighted by Crippen LogP contribution is -2.32. The van der Waals surface area contributed by atoms with Gasteiger partial charge in [0.25, 0.3) is 0 Å². The Morgan fingerprint density at radius 3 is 1.77 bits per heavy atom. The molecule has 0 fully saturated rings. The van der Waals surface area contributed by atoms with Gasteiger partial charge in [-0.05, 0) is 30.9 Å². The highest BCUT2D eigenvalue weighted by Gasteiger charge is 2.26. The summed E-state index contributed by atoms with van der Waals surface area (Å²) in [5.74, 6) is 0. The number of fused-ring (bicyclic) bond motifs is 3. The van der Waals surface area contributed by atoms with E-state index in [9.17, 15) is 0 Å². The Kier molecular flexibility index (Phi) is 3.73. The standard InChI is InChI=1S/C20H26N2/c1-14(21)19(13-20(2,3)4)22-17-11-7-5-9-15(17)16-10-6-8-12-18(16)22/h5-12,14,19H,13,21H2,1-4H3. The molecule has 22 heavy (non-hydrogen) atoms. The highest BCUT2D eigenvalue weighted by molar-refractivity contribution is 6.08. The van der Waals surface area contributed by atoms with Gasteiger partial charge in [0, 0.05) is 33.9 Å². The van der Waals surface area contributed by atoms with Crippen LogP contribution in [-0.2, 0) is 0 Å². The van der Waals surface area contributed by atoms with Gasteiger partial charge in [-0.1, -0.05) is 57.2 Å². The lowest BCUT2D eigenvalue weighted by atomic mass is 9.85. The molecular weight excluding hydrogens is 268 g/mol. The van der Waals surface area contributed by atoms with E-state index >= 15 is 0 Å². The predicted molar refractivity (Wildman–Crippen MR) is 96.2 cm³/mol. The molecule has 2 N–H and O–H groups in total. The summed E-state index contributed by atoms with van der Waals surface area (Å²) in [7, 11) is 0. The second-order valence-corrected chi connectivity index (χ2v) is 7.60. The Morgan fingerprint density at radius 1 is 0.909 bits per heavy atom. The van der Waals surface area contributed by atoms with Crippen molar-refractivity contribution in [2.45, 2.75) is 46.2 Å². The van der Waals surface area contributed by atoms with E-state index in [0.29, 0.717) is 6.04 Å². The van der Waals surface area contributed by atoms with Crippen LogP contribution in [-0.4, -0.2) is 10.6 Å². The van der Waals surface area contributed by atoms with Crippen LogP contribution in [0.15, 0.2) is 48.5 Å². The summed E-state index contributed by atoms with van der Waals surface area (Å²) in [5, 5.41) is 2.63. The molecule has 2 heteroatoms. The fourth-order valence-corrected chi connectivity index (χ4v) is 3.45. The van der Waals surface area contributed by atoms with Crippen LogP contribution in [0, 0.1) is 5.41 Å². The minimum Gasteiger partial charge on any atom is -0.336 e. The third-order valence-electron chi connectivity index (χ3n) is 4.38. The van der Waals surface area contributed by atoms with Crippen molar-refractivity contribution in [2.24, 2.45) is 11.1 Å². The summed E-state index contributed by atoms with van der Waals surface area (Å²) in [6, 6.07) is 17.7. The third-order valence-corrected chi connectivity index (χ3v) is 4.38. The Hall–Kier alpha value is -1.80. The molecule has 0 aliphatic carbocycles. The summed E-state index contributed by atoms with van der Waals surface area (Å²) < 4.78 is 2.46. The van der Waals surface area contributed by atoms with Crippen molar-refractivity contribution >= 4 is 21.8 Å². The second-order valence-electron chi connectivity index (χ2n) is 7.60. The summed E-state index contributed by atoms with van der Waals surface area (Å²) >= 11 is 0. The molecule has 2 nitrogen and oxygen atoms in total. The number of nitrogens with zero attached hydrogens (tertiary/aromatic N) is 1. The van der Waals surface area contributed by atoms with Gasteiger partial charge in [0.15, 0.2) is 0 Å². The molecule has 0 radical (unpaired) electrons. The Labute approximate surface area is 132 Å². The van der Waals surface area contributed by atoms with Crippen molar-refractivity contribution in [1.29, 1.82) is 0 Å². The largest absolute Gasteiger partial charge is 0.336 e. The Balaban J connectivity index is 2.30. The highest BCUT2D eigenvalue weighted by Crippen LogP contribution is 2.37. The maximum Gasteiger partial charge on any atom is 0.0496 e. The minimum atomic E-state index is 0.110. The van der Waals surface area contributed by atoms with E-state index < -0.39 is 0 Å². The van der Waals surface area contributed by atoms with E-state index in [1.165, 1.54) is 21.8 Å². The van der Waals surface area contributed by atoms with Gasteiger partial charge in [0.1, 0.15) is 0 Å². The van der Waals surface area contributed by atoms with Gasteiger partial charge in [0.2, 0.25) is 0 Å². The molecule has 0 bridgehead atoms. The number of hydrogen-bond acceptors (Lipinski definition) is 1. The monoisotopic (exact) mass is 294 g/mol. The zero-order valence-corrected chi connectivity index (χ0v) is 14.0. The minimum absolute atomic E-state index is 0.110. The fraction of sp³-hybridized carbons (Fsp3) is 0.400. The van der Waals surface area contributed by atoms with E-state index in [1.807, 2.05) is 0 Å². The summed E-state index contributed by atoms with van der Waals surface area (Å²) in [4.78, 5) is 0. The van der Waals surface area contributed by atoms with Crippen molar-refractivity contribution in [3.05, 3.63) is 48.5 Å². The van der Waals surface area contributed by atoms with Crippen LogP contribution in [0.3, 0.4) is 0 Å². The maximum absolute atomic E-state index is 6.40. The smallest absolute Gasteiger partial charge is 0.0496 e. The lowest BCUT2D eigenvalue weighted by molar-refractivity contribution is 0.276. The summed E-state index contributed by atoms with van der Waals surface area (Å²) in [5.41, 5.74) is 9.21. The molecule has 0 amide bonds. The van der Waals surface area contributed by atoms with Crippen LogP contribution in [0.5, 0.6) is 0 Å². The Morgan fingerprint density at radius 2 is 1.36 bits per heavy atom. The molecular formula is C20H26N2. The van der Waals surface area contributed by atoms with Crippen molar-refractivity contribution in [3.63, 3.8) is 0 Å². The molecule has 116 valence electrons. The van der Waals surface area contributed by atoms with Gasteiger partial charge in [0.05, 0.1) is 0 Å². The molecule has 0 aliphatic heterocycles. The van der Waals surface area contributed by atoms with Crippen LogP contribution in [0.2, 0.25) is 0 Å². The number of hydrogen-bond donors (Lipinski definition) is 1. The molecule has 0 saturated heterocycles. The normalized spacial score (nSPS) is 15.3.